The SMILES string of the molecule is O=c1ccc2c(-c3ccc(F)cc3Cl)nc(Br)cc2n1-c1c(Cl)cccc1Cl. The molecule has 0 aliphatic carbocycles. The molecular weight excluding hydrogens is 489 g/mol. The van der Waals surface area contributed by atoms with E-state index in [0.29, 0.717) is 42.5 Å². The molecule has 4 rings (SSSR count). The van der Waals surface area contributed by atoms with Crippen molar-refractivity contribution in [3.05, 3.63) is 90.4 Å². The molecule has 0 saturated heterocycles. The van der Waals surface area contributed by atoms with Gasteiger partial charge >= 0.3 is 0 Å². The minimum Gasteiger partial charge on any atom is -0.274 e. The molecule has 4 aromatic rings. The summed E-state index contributed by atoms with van der Waals surface area (Å²) in [7, 11) is 0. The molecule has 2 aromatic carbocycles. The van der Waals surface area contributed by atoms with E-state index in [4.69, 9.17) is 34.8 Å². The molecule has 0 saturated carbocycles. The maximum atomic E-state index is 13.5. The third-order valence-corrected chi connectivity index (χ3v) is 5.54. The third kappa shape index (κ3) is 3.33. The second-order valence-electron chi connectivity index (χ2n) is 5.93. The maximum Gasteiger partial charge on any atom is 0.255 e. The first kappa shape index (κ1) is 19.4. The number of pyridine rings is 2. The lowest BCUT2D eigenvalue weighted by Gasteiger charge is -2.16. The fourth-order valence-electron chi connectivity index (χ4n) is 3.03. The lowest BCUT2D eigenvalue weighted by atomic mass is 10.1. The van der Waals surface area contributed by atoms with Crippen LogP contribution in [0, 0.1) is 5.82 Å². The van der Waals surface area contributed by atoms with Gasteiger partial charge in [-0.15, -0.1) is 0 Å². The smallest absolute Gasteiger partial charge is 0.255 e. The molecule has 0 radical (unpaired) electrons. The predicted molar refractivity (Wildman–Crippen MR) is 115 cm³/mol. The lowest BCUT2D eigenvalue weighted by Crippen LogP contribution is -2.18. The average molecular weight is 499 g/mol. The molecule has 3 nitrogen and oxygen atoms in total. The summed E-state index contributed by atoms with van der Waals surface area (Å²) in [6.45, 7) is 0. The van der Waals surface area contributed by atoms with Gasteiger partial charge in [-0.2, -0.15) is 0 Å². The number of halogens is 5. The van der Waals surface area contributed by atoms with E-state index in [1.807, 2.05) is 0 Å². The summed E-state index contributed by atoms with van der Waals surface area (Å²) in [5, 5.41) is 1.50. The van der Waals surface area contributed by atoms with E-state index in [1.54, 1.807) is 36.4 Å². The van der Waals surface area contributed by atoms with E-state index in [0.717, 1.165) is 0 Å². The highest BCUT2D eigenvalue weighted by Gasteiger charge is 2.18. The van der Waals surface area contributed by atoms with E-state index in [-0.39, 0.29) is 10.6 Å². The topological polar surface area (TPSA) is 34.9 Å². The van der Waals surface area contributed by atoms with E-state index < -0.39 is 5.82 Å². The highest BCUT2D eigenvalue weighted by molar-refractivity contribution is 9.10. The van der Waals surface area contributed by atoms with Crippen LogP contribution in [0.5, 0.6) is 0 Å². The van der Waals surface area contributed by atoms with Crippen molar-refractivity contribution >= 4 is 61.6 Å². The number of aromatic nitrogens is 2. The first-order valence-corrected chi connectivity index (χ1v) is 9.91. The number of hydrogen-bond acceptors (Lipinski definition) is 2. The van der Waals surface area contributed by atoms with Gasteiger partial charge < -0.3 is 0 Å². The summed E-state index contributed by atoms with van der Waals surface area (Å²) in [6, 6.07) is 13.8. The lowest BCUT2D eigenvalue weighted by molar-refractivity contribution is 0.628. The van der Waals surface area contributed by atoms with Gasteiger partial charge in [0.1, 0.15) is 10.4 Å². The number of rotatable bonds is 2. The van der Waals surface area contributed by atoms with Gasteiger partial charge in [-0.3, -0.25) is 9.36 Å². The number of hydrogen-bond donors (Lipinski definition) is 0. The van der Waals surface area contributed by atoms with Crippen molar-refractivity contribution in [3.8, 4) is 16.9 Å². The van der Waals surface area contributed by atoms with Crippen molar-refractivity contribution in [2.75, 3.05) is 0 Å². The zero-order valence-corrected chi connectivity index (χ0v) is 17.7. The van der Waals surface area contributed by atoms with Crippen molar-refractivity contribution in [2.45, 2.75) is 0 Å². The van der Waals surface area contributed by atoms with Crippen molar-refractivity contribution in [2.24, 2.45) is 0 Å². The van der Waals surface area contributed by atoms with Crippen LogP contribution in [0.15, 0.2) is 64.0 Å². The van der Waals surface area contributed by atoms with Crippen LogP contribution in [0.4, 0.5) is 4.39 Å². The van der Waals surface area contributed by atoms with E-state index in [1.165, 1.54) is 22.8 Å². The van der Waals surface area contributed by atoms with Crippen molar-refractivity contribution in [3.63, 3.8) is 0 Å². The predicted octanol–water partition coefficient (Wildman–Crippen LogP) is 6.91. The summed E-state index contributed by atoms with van der Waals surface area (Å²) in [5.74, 6) is -0.451. The molecule has 0 N–H and O–H groups in total. The highest BCUT2D eigenvalue weighted by Crippen LogP contribution is 2.36. The Balaban J connectivity index is 2.14. The molecular formula is C20H9BrCl3FN2O. The fraction of sp³-hybridized carbons (Fsp3) is 0. The van der Waals surface area contributed by atoms with Crippen LogP contribution in [0.3, 0.4) is 0 Å². The monoisotopic (exact) mass is 496 g/mol. The summed E-state index contributed by atoms with van der Waals surface area (Å²) >= 11 is 22.3. The van der Waals surface area contributed by atoms with Crippen molar-refractivity contribution in [1.29, 1.82) is 0 Å². The van der Waals surface area contributed by atoms with Crippen LogP contribution in [0.1, 0.15) is 0 Å². The van der Waals surface area contributed by atoms with Crippen LogP contribution in [0.25, 0.3) is 27.8 Å². The van der Waals surface area contributed by atoms with Crippen molar-refractivity contribution in [1.82, 2.24) is 9.55 Å². The summed E-state index contributed by atoms with van der Waals surface area (Å²) in [5.41, 5.74) is 1.61. The van der Waals surface area contributed by atoms with Crippen LogP contribution >= 0.6 is 50.7 Å². The zero-order chi connectivity index (χ0) is 20.0. The Labute approximate surface area is 182 Å². The molecule has 0 fully saturated rings. The fourth-order valence-corrected chi connectivity index (χ4v) is 4.25. The molecule has 0 amide bonds. The first-order chi connectivity index (χ1) is 13.4. The van der Waals surface area contributed by atoms with E-state index in [2.05, 4.69) is 20.9 Å². The van der Waals surface area contributed by atoms with Crippen LogP contribution in [-0.2, 0) is 0 Å². The molecule has 0 spiro atoms. The second-order valence-corrected chi connectivity index (χ2v) is 7.96. The summed E-state index contributed by atoms with van der Waals surface area (Å²) in [6.07, 6.45) is 0. The van der Waals surface area contributed by atoms with Crippen LogP contribution in [0.2, 0.25) is 15.1 Å². The minimum absolute atomic E-state index is 0.209. The normalized spacial score (nSPS) is 11.2. The van der Waals surface area contributed by atoms with E-state index in [9.17, 15) is 9.18 Å². The standard InChI is InChI=1S/C20H9BrCl3FN2O/c21-17-9-16-12(19(26-17)11-5-4-10(25)8-15(11)24)6-7-18(28)27(16)20-13(22)2-1-3-14(20)23/h1-9H. The molecule has 0 bridgehead atoms. The largest absolute Gasteiger partial charge is 0.274 e. The molecule has 140 valence electrons. The van der Waals surface area contributed by atoms with Crippen LogP contribution < -0.4 is 5.56 Å². The number of benzene rings is 2. The Morgan fingerprint density at radius 1 is 0.929 bits per heavy atom. The van der Waals surface area contributed by atoms with Gasteiger partial charge in [-0.05, 0) is 58.4 Å². The van der Waals surface area contributed by atoms with Gasteiger partial charge in [-0.1, -0.05) is 40.9 Å². The zero-order valence-electron chi connectivity index (χ0n) is 13.9. The minimum atomic E-state index is -0.451. The molecule has 8 heteroatoms. The summed E-state index contributed by atoms with van der Waals surface area (Å²) < 4.78 is 15.4. The van der Waals surface area contributed by atoms with Gasteiger partial charge in [-0.25, -0.2) is 9.37 Å². The maximum absolute atomic E-state index is 13.5. The highest BCUT2D eigenvalue weighted by atomic mass is 79.9. The Bertz CT molecular complexity index is 1290. The number of fused-ring (bicyclic) bond motifs is 1. The Morgan fingerprint density at radius 3 is 2.32 bits per heavy atom. The Morgan fingerprint density at radius 2 is 1.64 bits per heavy atom. The Hall–Kier alpha value is -1.92. The first-order valence-electron chi connectivity index (χ1n) is 7.99. The van der Waals surface area contributed by atoms with Gasteiger partial charge in [0.25, 0.3) is 5.56 Å². The quantitative estimate of drug-likeness (QED) is 0.281. The summed E-state index contributed by atoms with van der Waals surface area (Å²) in [4.78, 5) is 17.2. The van der Waals surface area contributed by atoms with E-state index >= 15 is 0 Å². The number of para-hydroxylation sites is 1. The molecule has 0 unspecified atom stereocenters. The van der Waals surface area contributed by atoms with Gasteiger partial charge in [0, 0.05) is 17.0 Å². The molecule has 0 atom stereocenters. The van der Waals surface area contributed by atoms with Gasteiger partial charge in [0.05, 0.1) is 32.0 Å². The van der Waals surface area contributed by atoms with Crippen LogP contribution in [-0.4, -0.2) is 9.55 Å². The third-order valence-electron chi connectivity index (χ3n) is 4.21. The molecule has 28 heavy (non-hydrogen) atoms. The Kier molecular flexibility index (Phi) is 5.19. The average Bonchev–Trinajstić information content (AvgIpc) is 2.62. The molecule has 0 aliphatic heterocycles. The molecule has 2 aromatic heterocycles. The van der Waals surface area contributed by atoms with Gasteiger partial charge in [0.2, 0.25) is 0 Å². The molecule has 0 aliphatic rings. The second kappa shape index (κ2) is 7.48. The number of nitrogens with zero attached hydrogens (tertiary/aromatic N) is 2. The van der Waals surface area contributed by atoms with Crippen molar-refractivity contribution < 1.29 is 4.39 Å². The molecule has 2 heterocycles. The van der Waals surface area contributed by atoms with Gasteiger partial charge in [0.15, 0.2) is 0 Å².